The predicted octanol–water partition coefficient (Wildman–Crippen LogP) is 2.97. The van der Waals surface area contributed by atoms with E-state index in [2.05, 4.69) is 5.32 Å². The van der Waals surface area contributed by atoms with Crippen LogP contribution in [0, 0.1) is 6.92 Å². The van der Waals surface area contributed by atoms with Crippen LogP contribution in [0.3, 0.4) is 0 Å². The van der Waals surface area contributed by atoms with Crippen LogP contribution in [-0.2, 0) is 9.59 Å². The minimum Gasteiger partial charge on any atom is -0.481 e. The number of fused-ring (bicyclic) bond motifs is 1. The van der Waals surface area contributed by atoms with Crippen molar-refractivity contribution in [2.45, 2.75) is 19.4 Å². The second kappa shape index (κ2) is 6.12. The molecule has 0 aromatic heterocycles. The van der Waals surface area contributed by atoms with Gasteiger partial charge in [-0.05, 0) is 30.2 Å². The van der Waals surface area contributed by atoms with E-state index in [4.69, 9.17) is 5.11 Å². The van der Waals surface area contributed by atoms with Gasteiger partial charge in [0, 0.05) is 6.54 Å². The molecule has 1 heterocycles. The van der Waals surface area contributed by atoms with Crippen molar-refractivity contribution in [3.8, 4) is 0 Å². The number of aliphatic carboxylic acids is 1. The van der Waals surface area contributed by atoms with Crippen LogP contribution in [-0.4, -0.2) is 23.5 Å². The maximum atomic E-state index is 12.9. The quantitative estimate of drug-likeness (QED) is 0.911. The third-order valence-electron chi connectivity index (χ3n) is 3.94. The van der Waals surface area contributed by atoms with Gasteiger partial charge in [-0.1, -0.05) is 36.4 Å². The molecule has 1 amide bonds. The number of hydrogen-bond acceptors (Lipinski definition) is 3. The van der Waals surface area contributed by atoms with Crippen LogP contribution < -0.4 is 10.2 Å². The first-order chi connectivity index (χ1) is 11.1. The second-order valence-corrected chi connectivity index (χ2v) is 5.64. The van der Waals surface area contributed by atoms with Crippen molar-refractivity contribution in [2.24, 2.45) is 0 Å². The van der Waals surface area contributed by atoms with E-state index in [-0.39, 0.29) is 18.9 Å². The van der Waals surface area contributed by atoms with Crippen LogP contribution in [0.2, 0.25) is 0 Å². The molecule has 0 saturated heterocycles. The van der Waals surface area contributed by atoms with E-state index < -0.39 is 12.0 Å². The first-order valence-corrected chi connectivity index (χ1v) is 7.51. The van der Waals surface area contributed by atoms with Crippen LogP contribution in [0.1, 0.15) is 23.6 Å². The van der Waals surface area contributed by atoms with Crippen LogP contribution in [0.25, 0.3) is 0 Å². The Bertz CT molecular complexity index is 743. The number of nitrogens with one attached hydrogen (secondary N) is 1. The summed E-state index contributed by atoms with van der Waals surface area (Å²) in [4.78, 5) is 25.3. The molecule has 0 radical (unpaired) electrons. The Morgan fingerprint density at radius 3 is 2.65 bits per heavy atom. The van der Waals surface area contributed by atoms with E-state index in [0.717, 1.165) is 22.5 Å². The smallest absolute Gasteiger partial charge is 0.305 e. The molecular weight excluding hydrogens is 292 g/mol. The number of nitrogens with zero attached hydrogens (tertiary/aromatic N) is 1. The zero-order valence-corrected chi connectivity index (χ0v) is 12.8. The minimum atomic E-state index is -0.916. The van der Waals surface area contributed by atoms with Gasteiger partial charge in [-0.15, -0.1) is 0 Å². The van der Waals surface area contributed by atoms with Crippen molar-refractivity contribution in [2.75, 3.05) is 16.8 Å². The van der Waals surface area contributed by atoms with Crippen molar-refractivity contribution in [3.05, 3.63) is 59.7 Å². The summed E-state index contributed by atoms with van der Waals surface area (Å²) in [6.45, 7) is 2.15. The number of rotatable bonds is 4. The van der Waals surface area contributed by atoms with Crippen molar-refractivity contribution >= 4 is 23.3 Å². The zero-order valence-electron chi connectivity index (χ0n) is 12.8. The Balaban J connectivity index is 2.00. The predicted molar refractivity (Wildman–Crippen MR) is 88.6 cm³/mol. The molecule has 0 spiro atoms. The Kier molecular flexibility index (Phi) is 4.02. The van der Waals surface area contributed by atoms with Crippen molar-refractivity contribution in [3.63, 3.8) is 0 Å². The second-order valence-electron chi connectivity index (χ2n) is 5.64. The highest BCUT2D eigenvalue weighted by atomic mass is 16.4. The van der Waals surface area contributed by atoms with Crippen LogP contribution in [0.4, 0.5) is 11.4 Å². The highest BCUT2D eigenvalue weighted by Crippen LogP contribution is 2.37. The van der Waals surface area contributed by atoms with Gasteiger partial charge in [-0.2, -0.15) is 0 Å². The van der Waals surface area contributed by atoms with Gasteiger partial charge in [0.05, 0.1) is 17.8 Å². The number of benzene rings is 2. The van der Waals surface area contributed by atoms with Gasteiger partial charge in [0.2, 0.25) is 0 Å². The Labute approximate surface area is 134 Å². The lowest BCUT2D eigenvalue weighted by molar-refractivity contribution is -0.136. The molecule has 1 aliphatic rings. The molecule has 2 aromatic carbocycles. The molecule has 2 aromatic rings. The summed E-state index contributed by atoms with van der Waals surface area (Å²) < 4.78 is 0. The van der Waals surface area contributed by atoms with E-state index in [0.29, 0.717) is 0 Å². The maximum absolute atomic E-state index is 12.9. The van der Waals surface area contributed by atoms with Gasteiger partial charge in [-0.25, -0.2) is 0 Å². The Morgan fingerprint density at radius 1 is 1.22 bits per heavy atom. The lowest BCUT2D eigenvalue weighted by atomic mass is 10.0. The molecule has 118 valence electrons. The normalized spacial score (nSPS) is 16.7. The fraction of sp³-hybridized carbons (Fsp3) is 0.222. The van der Waals surface area contributed by atoms with E-state index in [1.807, 2.05) is 55.5 Å². The SMILES string of the molecule is Cc1ccc2c(c1)NC(c1ccccc1)C(=O)N2CCC(=O)O. The maximum Gasteiger partial charge on any atom is 0.305 e. The van der Waals surface area contributed by atoms with E-state index >= 15 is 0 Å². The Morgan fingerprint density at radius 2 is 1.96 bits per heavy atom. The van der Waals surface area contributed by atoms with Crippen LogP contribution in [0.15, 0.2) is 48.5 Å². The molecule has 0 fully saturated rings. The molecule has 5 heteroatoms. The average Bonchev–Trinajstić information content (AvgIpc) is 2.54. The molecule has 23 heavy (non-hydrogen) atoms. The average molecular weight is 310 g/mol. The molecule has 5 nitrogen and oxygen atoms in total. The summed E-state index contributed by atoms with van der Waals surface area (Å²) in [5.41, 5.74) is 3.53. The summed E-state index contributed by atoms with van der Waals surface area (Å²) in [6, 6.07) is 14.7. The fourth-order valence-electron chi connectivity index (χ4n) is 2.80. The van der Waals surface area contributed by atoms with Gasteiger partial charge in [-0.3, -0.25) is 9.59 Å². The number of aryl methyl sites for hydroxylation is 1. The van der Waals surface area contributed by atoms with Crippen LogP contribution in [0.5, 0.6) is 0 Å². The number of anilines is 2. The van der Waals surface area contributed by atoms with Gasteiger partial charge in [0.1, 0.15) is 6.04 Å². The molecule has 1 aliphatic heterocycles. The third-order valence-corrected chi connectivity index (χ3v) is 3.94. The lowest BCUT2D eigenvalue weighted by Gasteiger charge is -2.35. The molecule has 0 saturated carbocycles. The number of carboxylic acids is 1. The molecule has 3 rings (SSSR count). The number of amides is 1. The van der Waals surface area contributed by atoms with Gasteiger partial charge in [0.25, 0.3) is 5.91 Å². The monoisotopic (exact) mass is 310 g/mol. The highest BCUT2D eigenvalue weighted by Gasteiger charge is 2.33. The number of carbonyl (C=O) groups is 2. The summed E-state index contributed by atoms with van der Waals surface area (Å²) >= 11 is 0. The number of carbonyl (C=O) groups excluding carboxylic acids is 1. The fourth-order valence-corrected chi connectivity index (χ4v) is 2.80. The lowest BCUT2D eigenvalue weighted by Crippen LogP contribution is -2.43. The van der Waals surface area contributed by atoms with E-state index in [1.54, 1.807) is 4.90 Å². The number of hydrogen-bond donors (Lipinski definition) is 2. The van der Waals surface area contributed by atoms with Crippen molar-refractivity contribution in [1.82, 2.24) is 0 Å². The summed E-state index contributed by atoms with van der Waals surface area (Å²) in [7, 11) is 0. The highest BCUT2D eigenvalue weighted by molar-refractivity contribution is 6.05. The summed E-state index contributed by atoms with van der Waals surface area (Å²) in [6.07, 6.45) is -0.0828. The summed E-state index contributed by atoms with van der Waals surface area (Å²) in [5.74, 6) is -1.05. The van der Waals surface area contributed by atoms with E-state index in [9.17, 15) is 9.59 Å². The van der Waals surface area contributed by atoms with Crippen LogP contribution >= 0.6 is 0 Å². The first-order valence-electron chi connectivity index (χ1n) is 7.51. The minimum absolute atomic E-state index is 0.0828. The molecule has 1 unspecified atom stereocenters. The van der Waals surface area contributed by atoms with Gasteiger partial charge >= 0.3 is 5.97 Å². The van der Waals surface area contributed by atoms with Gasteiger partial charge in [0.15, 0.2) is 0 Å². The van der Waals surface area contributed by atoms with Gasteiger partial charge < -0.3 is 15.3 Å². The molecule has 0 aliphatic carbocycles. The molecule has 1 atom stereocenters. The molecule has 0 bridgehead atoms. The molecule has 2 N–H and O–H groups in total. The number of carboxylic acid groups (broad SMARTS) is 1. The topological polar surface area (TPSA) is 69.6 Å². The zero-order chi connectivity index (χ0) is 16.4. The standard InChI is InChI=1S/C18H18N2O3/c1-12-7-8-15-14(11-12)19-17(13-5-3-2-4-6-13)18(23)20(15)10-9-16(21)22/h2-8,11,17,19H,9-10H2,1H3,(H,21,22). The third kappa shape index (κ3) is 3.04. The van der Waals surface area contributed by atoms with Crippen molar-refractivity contribution < 1.29 is 14.7 Å². The van der Waals surface area contributed by atoms with Crippen molar-refractivity contribution in [1.29, 1.82) is 0 Å². The van der Waals surface area contributed by atoms with E-state index in [1.165, 1.54) is 0 Å². The Hall–Kier alpha value is -2.82. The first kappa shape index (κ1) is 15.1. The largest absolute Gasteiger partial charge is 0.481 e. The summed E-state index contributed by atoms with van der Waals surface area (Å²) in [5, 5.41) is 12.2. The molecular formula is C18H18N2O3.